The molecule has 0 unspecified atom stereocenters. The molecular weight excluding hydrogens is 310 g/mol. The standard InChI is InChI=1S/C11H13BrF2N2O2/c12-8-2-1-7(5-9(8)15)11(17)16-3-4-18-6-10(13)14/h1-2,5,10H,3-4,6,15H2,(H,16,17). The van der Waals surface area contributed by atoms with Gasteiger partial charge in [0.25, 0.3) is 12.3 Å². The van der Waals surface area contributed by atoms with E-state index in [-0.39, 0.29) is 19.1 Å². The second-order valence-corrected chi connectivity index (χ2v) is 4.31. The van der Waals surface area contributed by atoms with E-state index < -0.39 is 13.0 Å². The fourth-order valence-electron chi connectivity index (χ4n) is 1.20. The Morgan fingerprint density at radius 1 is 1.50 bits per heavy atom. The molecule has 3 N–H and O–H groups in total. The molecule has 1 amide bonds. The molecule has 0 aliphatic heterocycles. The Bertz CT molecular complexity index is 416. The predicted molar refractivity (Wildman–Crippen MR) is 67.7 cm³/mol. The summed E-state index contributed by atoms with van der Waals surface area (Å²) in [4.78, 5) is 11.6. The topological polar surface area (TPSA) is 64.4 Å². The molecule has 100 valence electrons. The van der Waals surface area contributed by atoms with Gasteiger partial charge in [-0.1, -0.05) is 0 Å². The summed E-state index contributed by atoms with van der Waals surface area (Å²) in [6.07, 6.45) is -2.49. The molecule has 1 rings (SSSR count). The minimum absolute atomic E-state index is 0.0437. The number of hydrogen-bond donors (Lipinski definition) is 2. The predicted octanol–water partition coefficient (Wildman–Crippen LogP) is 2.04. The Morgan fingerprint density at radius 3 is 2.83 bits per heavy atom. The Kier molecular flexibility index (Phi) is 6.00. The number of nitrogens with two attached hydrogens (primary N) is 1. The molecule has 7 heteroatoms. The third-order valence-corrected chi connectivity index (χ3v) is 2.76. The van der Waals surface area contributed by atoms with Crippen molar-refractivity contribution in [2.24, 2.45) is 0 Å². The molecule has 0 aliphatic rings. The molecule has 0 atom stereocenters. The SMILES string of the molecule is Nc1cc(C(=O)NCCOCC(F)F)ccc1Br. The number of alkyl halides is 2. The van der Waals surface area contributed by atoms with Crippen LogP contribution in [0.4, 0.5) is 14.5 Å². The first-order valence-corrected chi connectivity index (χ1v) is 5.99. The van der Waals surface area contributed by atoms with Crippen molar-refractivity contribution in [3.05, 3.63) is 28.2 Å². The van der Waals surface area contributed by atoms with Crippen LogP contribution in [0.25, 0.3) is 0 Å². The lowest BCUT2D eigenvalue weighted by Gasteiger charge is -2.07. The van der Waals surface area contributed by atoms with E-state index in [2.05, 4.69) is 26.0 Å². The number of benzene rings is 1. The Balaban J connectivity index is 2.34. The lowest BCUT2D eigenvalue weighted by atomic mass is 10.2. The summed E-state index contributed by atoms with van der Waals surface area (Å²) in [6, 6.07) is 4.80. The molecular formula is C11H13BrF2N2O2. The molecule has 1 aromatic rings. The van der Waals surface area contributed by atoms with Crippen molar-refractivity contribution in [2.45, 2.75) is 6.43 Å². The maximum absolute atomic E-state index is 11.7. The maximum Gasteiger partial charge on any atom is 0.261 e. The third-order valence-electron chi connectivity index (χ3n) is 2.03. The molecule has 0 aliphatic carbocycles. The molecule has 4 nitrogen and oxygen atoms in total. The first-order chi connectivity index (χ1) is 8.50. The zero-order chi connectivity index (χ0) is 13.5. The number of nitrogens with one attached hydrogen (secondary N) is 1. The van der Waals surface area contributed by atoms with E-state index in [9.17, 15) is 13.6 Å². The lowest BCUT2D eigenvalue weighted by molar-refractivity contribution is 0.0188. The minimum atomic E-state index is -2.49. The van der Waals surface area contributed by atoms with E-state index in [0.717, 1.165) is 0 Å². The lowest BCUT2D eigenvalue weighted by Crippen LogP contribution is -2.27. The van der Waals surface area contributed by atoms with Crippen molar-refractivity contribution in [3.8, 4) is 0 Å². The van der Waals surface area contributed by atoms with Gasteiger partial charge in [0.15, 0.2) is 0 Å². The fourth-order valence-corrected chi connectivity index (χ4v) is 1.44. The first-order valence-electron chi connectivity index (χ1n) is 5.20. The molecule has 18 heavy (non-hydrogen) atoms. The van der Waals surface area contributed by atoms with Gasteiger partial charge in [0.2, 0.25) is 0 Å². The van der Waals surface area contributed by atoms with Crippen molar-refractivity contribution >= 4 is 27.5 Å². The van der Waals surface area contributed by atoms with Crippen molar-refractivity contribution in [1.82, 2.24) is 5.32 Å². The van der Waals surface area contributed by atoms with Gasteiger partial charge in [-0.15, -0.1) is 0 Å². The number of halogens is 3. The van der Waals surface area contributed by atoms with Crippen LogP contribution in [-0.4, -0.2) is 32.1 Å². The zero-order valence-electron chi connectivity index (χ0n) is 9.46. The average Bonchev–Trinajstić information content (AvgIpc) is 2.31. The van der Waals surface area contributed by atoms with Gasteiger partial charge >= 0.3 is 0 Å². The highest BCUT2D eigenvalue weighted by Gasteiger charge is 2.07. The molecule has 0 saturated heterocycles. The van der Waals surface area contributed by atoms with E-state index in [0.29, 0.717) is 15.7 Å². The quantitative estimate of drug-likeness (QED) is 0.622. The third kappa shape index (κ3) is 4.97. The van der Waals surface area contributed by atoms with E-state index >= 15 is 0 Å². The number of carbonyl (C=O) groups is 1. The number of carbonyl (C=O) groups excluding carboxylic acids is 1. The van der Waals surface area contributed by atoms with Gasteiger partial charge in [0.1, 0.15) is 6.61 Å². The Hall–Kier alpha value is -1.21. The van der Waals surface area contributed by atoms with Crippen LogP contribution in [0, 0.1) is 0 Å². The molecule has 0 radical (unpaired) electrons. The Morgan fingerprint density at radius 2 is 2.22 bits per heavy atom. The summed E-state index contributed by atoms with van der Waals surface area (Å²) in [7, 11) is 0. The van der Waals surface area contributed by atoms with Crippen LogP contribution in [0.3, 0.4) is 0 Å². The Labute approximate surface area is 112 Å². The number of ether oxygens (including phenoxy) is 1. The van der Waals surface area contributed by atoms with Crippen LogP contribution in [0.2, 0.25) is 0 Å². The molecule has 0 heterocycles. The number of rotatable bonds is 6. The second kappa shape index (κ2) is 7.27. The van der Waals surface area contributed by atoms with Crippen molar-refractivity contribution in [1.29, 1.82) is 0 Å². The van der Waals surface area contributed by atoms with E-state index in [1.807, 2.05) is 0 Å². The van der Waals surface area contributed by atoms with Crippen molar-refractivity contribution in [3.63, 3.8) is 0 Å². The summed E-state index contributed by atoms with van der Waals surface area (Å²) in [6.45, 7) is -0.412. The van der Waals surface area contributed by atoms with Gasteiger partial charge in [-0.2, -0.15) is 0 Å². The average molecular weight is 323 g/mol. The summed E-state index contributed by atoms with van der Waals surface area (Å²) in [5, 5.41) is 2.54. The highest BCUT2D eigenvalue weighted by Crippen LogP contribution is 2.19. The second-order valence-electron chi connectivity index (χ2n) is 3.46. The molecule has 0 spiro atoms. The number of anilines is 1. The summed E-state index contributed by atoms with van der Waals surface area (Å²) < 4.78 is 28.8. The minimum Gasteiger partial charge on any atom is -0.398 e. The van der Waals surface area contributed by atoms with E-state index in [4.69, 9.17) is 5.73 Å². The molecule has 1 aromatic carbocycles. The van der Waals surface area contributed by atoms with Gasteiger partial charge in [-0.25, -0.2) is 8.78 Å². The molecule has 0 fully saturated rings. The van der Waals surface area contributed by atoms with Crippen LogP contribution in [0.1, 0.15) is 10.4 Å². The number of amides is 1. The van der Waals surface area contributed by atoms with Gasteiger partial charge in [0.05, 0.1) is 6.61 Å². The zero-order valence-corrected chi connectivity index (χ0v) is 11.0. The van der Waals surface area contributed by atoms with Gasteiger partial charge < -0.3 is 15.8 Å². The number of nitrogen functional groups attached to an aromatic ring is 1. The molecule has 0 saturated carbocycles. The van der Waals surface area contributed by atoms with Crippen LogP contribution in [0.15, 0.2) is 22.7 Å². The summed E-state index contributed by atoms with van der Waals surface area (Å²) >= 11 is 3.22. The number of hydrogen-bond acceptors (Lipinski definition) is 3. The van der Waals surface area contributed by atoms with E-state index in [1.165, 1.54) is 6.07 Å². The highest BCUT2D eigenvalue weighted by molar-refractivity contribution is 9.10. The summed E-state index contributed by atoms with van der Waals surface area (Å²) in [5.41, 5.74) is 6.50. The first kappa shape index (κ1) is 14.8. The van der Waals surface area contributed by atoms with Crippen LogP contribution < -0.4 is 11.1 Å². The van der Waals surface area contributed by atoms with Gasteiger partial charge in [-0.05, 0) is 34.1 Å². The van der Waals surface area contributed by atoms with Crippen molar-refractivity contribution < 1.29 is 18.3 Å². The monoisotopic (exact) mass is 322 g/mol. The van der Waals surface area contributed by atoms with E-state index in [1.54, 1.807) is 12.1 Å². The summed E-state index contributed by atoms with van der Waals surface area (Å²) in [5.74, 6) is -0.324. The highest BCUT2D eigenvalue weighted by atomic mass is 79.9. The maximum atomic E-state index is 11.7. The van der Waals surface area contributed by atoms with Crippen LogP contribution in [0.5, 0.6) is 0 Å². The molecule has 0 aromatic heterocycles. The van der Waals surface area contributed by atoms with Crippen LogP contribution >= 0.6 is 15.9 Å². The largest absolute Gasteiger partial charge is 0.398 e. The van der Waals surface area contributed by atoms with Gasteiger partial charge in [-0.3, -0.25) is 4.79 Å². The van der Waals surface area contributed by atoms with Gasteiger partial charge in [0, 0.05) is 22.3 Å². The fraction of sp³-hybridized carbons (Fsp3) is 0.364. The van der Waals surface area contributed by atoms with Crippen LogP contribution in [-0.2, 0) is 4.74 Å². The molecule has 0 bridgehead atoms. The van der Waals surface area contributed by atoms with Crippen molar-refractivity contribution in [2.75, 3.05) is 25.5 Å². The smallest absolute Gasteiger partial charge is 0.261 e. The normalized spacial score (nSPS) is 10.7.